The predicted molar refractivity (Wildman–Crippen MR) is 53.0 cm³/mol. The number of Topliss-reactive ketones (excluding diaryl/α,β-unsaturated/α-hetero) is 1. The third kappa shape index (κ3) is 1.77. The molecule has 14 heavy (non-hydrogen) atoms. The lowest BCUT2D eigenvalue weighted by atomic mass is 10.1. The van der Waals surface area contributed by atoms with Crippen LogP contribution in [-0.4, -0.2) is 15.8 Å². The van der Waals surface area contributed by atoms with E-state index in [-0.39, 0.29) is 12.2 Å². The van der Waals surface area contributed by atoms with Gasteiger partial charge in [0.15, 0.2) is 10.5 Å². The highest BCUT2D eigenvalue weighted by molar-refractivity contribution is 9.10. The number of aromatic nitrogens is 2. The molecule has 0 bridgehead atoms. The van der Waals surface area contributed by atoms with Gasteiger partial charge in [-0.2, -0.15) is 0 Å². The summed E-state index contributed by atoms with van der Waals surface area (Å²) in [6.07, 6.45) is 5.03. The Morgan fingerprint density at radius 2 is 2.50 bits per heavy atom. The minimum atomic E-state index is -0.0272. The maximum absolute atomic E-state index is 11.6. The molecule has 2 heterocycles. The van der Waals surface area contributed by atoms with Gasteiger partial charge in [-0.05, 0) is 22.0 Å². The number of halogens is 1. The van der Waals surface area contributed by atoms with Crippen LogP contribution < -0.4 is 0 Å². The summed E-state index contributed by atoms with van der Waals surface area (Å²) in [6, 6.07) is 1.63. The van der Waals surface area contributed by atoms with Crippen LogP contribution in [0.1, 0.15) is 16.2 Å². The zero-order valence-corrected chi connectivity index (χ0v) is 8.74. The van der Waals surface area contributed by atoms with Gasteiger partial charge in [0.05, 0.1) is 18.2 Å². The summed E-state index contributed by atoms with van der Waals surface area (Å²) in [5.74, 6) is 0.628. The van der Waals surface area contributed by atoms with Crippen molar-refractivity contribution in [2.75, 3.05) is 0 Å². The van der Waals surface area contributed by atoms with Crippen LogP contribution in [0.15, 0.2) is 33.8 Å². The highest BCUT2D eigenvalue weighted by atomic mass is 79.9. The van der Waals surface area contributed by atoms with Gasteiger partial charge in [0, 0.05) is 12.4 Å². The molecule has 0 saturated carbocycles. The van der Waals surface area contributed by atoms with Crippen LogP contribution in [-0.2, 0) is 6.42 Å². The van der Waals surface area contributed by atoms with Crippen molar-refractivity contribution in [3.8, 4) is 0 Å². The van der Waals surface area contributed by atoms with E-state index in [0.29, 0.717) is 16.1 Å². The van der Waals surface area contributed by atoms with Crippen LogP contribution in [0.2, 0.25) is 0 Å². The lowest BCUT2D eigenvalue weighted by molar-refractivity contribution is 0.0989. The lowest BCUT2D eigenvalue weighted by Crippen LogP contribution is -2.04. The molecule has 5 heteroatoms. The Morgan fingerprint density at radius 1 is 1.64 bits per heavy atom. The maximum atomic E-state index is 11.6. The third-order valence-corrected chi connectivity index (χ3v) is 2.42. The third-order valence-electron chi connectivity index (χ3n) is 1.80. The molecule has 0 aliphatic carbocycles. The van der Waals surface area contributed by atoms with Crippen molar-refractivity contribution < 1.29 is 9.21 Å². The molecule has 0 fully saturated rings. The normalized spacial score (nSPS) is 10.4. The largest absolute Gasteiger partial charge is 0.457 e. The van der Waals surface area contributed by atoms with Crippen LogP contribution in [0.4, 0.5) is 0 Å². The molecule has 72 valence electrons. The Morgan fingerprint density at radius 3 is 3.07 bits per heavy atom. The Labute approximate surface area is 88.5 Å². The molecule has 0 unspecified atom stereocenters. The molecule has 1 N–H and O–H groups in total. The summed E-state index contributed by atoms with van der Waals surface area (Å²) >= 11 is 3.15. The first-order valence-corrected chi connectivity index (χ1v) is 4.81. The van der Waals surface area contributed by atoms with E-state index in [0.717, 1.165) is 0 Å². The molecule has 0 aromatic carbocycles. The van der Waals surface area contributed by atoms with Gasteiger partial charge >= 0.3 is 0 Å². The van der Waals surface area contributed by atoms with E-state index >= 15 is 0 Å². The number of furan rings is 1. The molecular weight excluding hydrogens is 248 g/mol. The van der Waals surface area contributed by atoms with Gasteiger partial charge in [-0.3, -0.25) is 4.79 Å². The first-order chi connectivity index (χ1) is 6.77. The minimum absolute atomic E-state index is 0.0272. The quantitative estimate of drug-likeness (QED) is 0.855. The topological polar surface area (TPSA) is 58.9 Å². The van der Waals surface area contributed by atoms with E-state index in [2.05, 4.69) is 25.9 Å². The van der Waals surface area contributed by atoms with E-state index in [1.165, 1.54) is 6.26 Å². The molecule has 0 spiro atoms. The number of aromatic amines is 1. The summed E-state index contributed by atoms with van der Waals surface area (Å²) < 4.78 is 5.44. The smallest absolute Gasteiger partial charge is 0.179 e. The molecule has 0 radical (unpaired) electrons. The number of nitrogens with one attached hydrogen (secondary N) is 1. The SMILES string of the molecule is O=C(Cc1ncc[nH]1)c1ccoc1Br. The second-order valence-electron chi connectivity index (χ2n) is 2.74. The summed E-state index contributed by atoms with van der Waals surface area (Å²) in [4.78, 5) is 18.5. The van der Waals surface area contributed by atoms with Crippen LogP contribution in [0.25, 0.3) is 0 Å². The minimum Gasteiger partial charge on any atom is -0.457 e. The predicted octanol–water partition coefficient (Wildman–Crippen LogP) is 2.19. The number of ketones is 1. The number of carbonyl (C=O) groups is 1. The van der Waals surface area contributed by atoms with Crippen molar-refractivity contribution in [1.82, 2.24) is 9.97 Å². The van der Waals surface area contributed by atoms with Crippen molar-refractivity contribution in [1.29, 1.82) is 0 Å². The van der Waals surface area contributed by atoms with Crippen LogP contribution in [0, 0.1) is 0 Å². The van der Waals surface area contributed by atoms with E-state index in [9.17, 15) is 4.79 Å². The van der Waals surface area contributed by atoms with Gasteiger partial charge < -0.3 is 9.40 Å². The number of carbonyl (C=O) groups excluding carboxylic acids is 1. The highest BCUT2D eigenvalue weighted by Crippen LogP contribution is 2.18. The van der Waals surface area contributed by atoms with Crippen LogP contribution in [0.3, 0.4) is 0 Å². The van der Waals surface area contributed by atoms with Crippen molar-refractivity contribution in [3.63, 3.8) is 0 Å². The average Bonchev–Trinajstić information content (AvgIpc) is 2.75. The number of rotatable bonds is 3. The first-order valence-electron chi connectivity index (χ1n) is 4.02. The first kappa shape index (κ1) is 9.21. The van der Waals surface area contributed by atoms with Crippen LogP contribution >= 0.6 is 15.9 Å². The zero-order chi connectivity index (χ0) is 9.97. The Bertz CT molecular complexity index is 433. The number of imidazole rings is 1. The molecule has 4 nitrogen and oxygen atoms in total. The Kier molecular flexibility index (Phi) is 2.49. The van der Waals surface area contributed by atoms with Gasteiger partial charge in [0.2, 0.25) is 0 Å². The van der Waals surface area contributed by atoms with E-state index in [4.69, 9.17) is 4.42 Å². The van der Waals surface area contributed by atoms with E-state index < -0.39 is 0 Å². The van der Waals surface area contributed by atoms with Crippen molar-refractivity contribution in [2.45, 2.75) is 6.42 Å². The standard InChI is InChI=1S/C9H7BrN2O2/c10-9-6(1-4-14-9)7(13)5-8-11-2-3-12-8/h1-4H,5H2,(H,11,12). The highest BCUT2D eigenvalue weighted by Gasteiger charge is 2.13. The molecule has 0 amide bonds. The van der Waals surface area contributed by atoms with Gasteiger partial charge in [0.25, 0.3) is 0 Å². The van der Waals surface area contributed by atoms with Gasteiger partial charge in [-0.25, -0.2) is 4.98 Å². The monoisotopic (exact) mass is 254 g/mol. The molecule has 2 rings (SSSR count). The van der Waals surface area contributed by atoms with Crippen molar-refractivity contribution in [2.24, 2.45) is 0 Å². The number of hydrogen-bond donors (Lipinski definition) is 1. The van der Waals surface area contributed by atoms with Crippen molar-refractivity contribution in [3.05, 3.63) is 40.8 Å². The summed E-state index contributed by atoms with van der Waals surface area (Å²) in [7, 11) is 0. The number of hydrogen-bond acceptors (Lipinski definition) is 3. The van der Waals surface area contributed by atoms with Crippen LogP contribution in [0.5, 0.6) is 0 Å². The fraction of sp³-hybridized carbons (Fsp3) is 0.111. The van der Waals surface area contributed by atoms with E-state index in [1.54, 1.807) is 18.5 Å². The molecule has 2 aromatic heterocycles. The fourth-order valence-corrected chi connectivity index (χ4v) is 1.60. The molecule has 0 atom stereocenters. The second-order valence-corrected chi connectivity index (χ2v) is 3.46. The maximum Gasteiger partial charge on any atom is 0.179 e. The molecule has 2 aromatic rings. The van der Waals surface area contributed by atoms with Gasteiger partial charge in [-0.1, -0.05) is 0 Å². The average molecular weight is 255 g/mol. The van der Waals surface area contributed by atoms with Gasteiger partial charge in [-0.15, -0.1) is 0 Å². The molecular formula is C9H7BrN2O2. The number of nitrogens with zero attached hydrogens (tertiary/aromatic N) is 1. The summed E-state index contributed by atoms with van der Waals surface area (Å²) in [6.45, 7) is 0. The van der Waals surface area contributed by atoms with Crippen molar-refractivity contribution >= 4 is 21.7 Å². The van der Waals surface area contributed by atoms with Gasteiger partial charge in [0.1, 0.15) is 5.82 Å². The second kappa shape index (κ2) is 3.79. The fourth-order valence-electron chi connectivity index (χ4n) is 1.14. The summed E-state index contributed by atoms with van der Waals surface area (Å²) in [5, 5.41) is 0. The molecule has 0 aliphatic heterocycles. The Hall–Kier alpha value is -1.36. The Balaban J connectivity index is 2.14. The lowest BCUT2D eigenvalue weighted by Gasteiger charge is -1.94. The number of H-pyrrole nitrogens is 1. The van der Waals surface area contributed by atoms with E-state index in [1.807, 2.05) is 0 Å². The summed E-state index contributed by atoms with van der Waals surface area (Å²) in [5.41, 5.74) is 0.543. The molecule has 0 aliphatic rings. The zero-order valence-electron chi connectivity index (χ0n) is 7.16. The molecule has 0 saturated heterocycles.